The summed E-state index contributed by atoms with van der Waals surface area (Å²) >= 11 is 0. The summed E-state index contributed by atoms with van der Waals surface area (Å²) < 4.78 is 18.4. The number of cyclic esters (lactones) is 1. The fourth-order valence-corrected chi connectivity index (χ4v) is 11.3. The molecule has 0 spiro atoms. The molecule has 6 rings (SSSR count). The Balaban J connectivity index is 1.43. The summed E-state index contributed by atoms with van der Waals surface area (Å²) in [5.41, 5.74) is 4.09. The molecule has 4 aliphatic heterocycles. The molecule has 89 heavy (non-hydrogen) atoms. The number of hydrogen-bond acceptors (Lipinski definition) is 21. The van der Waals surface area contributed by atoms with Crippen molar-refractivity contribution in [3.63, 3.8) is 0 Å². The molecular formula is C61H90N12O16. The Kier molecular flexibility index (Phi) is 23.6. The number of fused-ring (bicyclic) bond motifs is 3. The van der Waals surface area contributed by atoms with Crippen LogP contribution in [0.5, 0.6) is 0 Å². The van der Waals surface area contributed by atoms with Crippen molar-refractivity contribution < 1.29 is 71.5 Å². The molecule has 28 heteroatoms. The second-order valence-electron chi connectivity index (χ2n) is 25.0. The predicted octanol–water partition coefficient (Wildman–Crippen LogP) is 1.74. The first kappa shape index (κ1) is 70.4. The topological polar surface area (TPSA) is 344 Å². The number of likely N-dealkylation sites (N-methyl/N-ethyl adjacent to an activating group) is 4. The highest BCUT2D eigenvalue weighted by Gasteiger charge is 2.44. The number of hydroxylamine groups is 4. The number of ether oxygens (including phenoxy) is 2. The Labute approximate surface area is 518 Å². The quantitative estimate of drug-likeness (QED) is 0.0375. The lowest BCUT2D eigenvalue weighted by Gasteiger charge is -2.36. The average molecular weight is 1250 g/mol. The minimum Gasteiger partial charge on any atom is -0.459 e. The minimum atomic E-state index is -1.75. The third kappa shape index (κ3) is 15.9. The maximum atomic E-state index is 15.2. The van der Waals surface area contributed by atoms with E-state index in [1.165, 1.54) is 78.9 Å². The maximum Gasteiger partial charge on any atom is 0.329 e. The van der Waals surface area contributed by atoms with E-state index in [2.05, 4.69) is 21.3 Å². The lowest BCUT2D eigenvalue weighted by Crippen LogP contribution is -2.59. The van der Waals surface area contributed by atoms with Gasteiger partial charge in [-0.2, -0.15) is 10.1 Å². The van der Waals surface area contributed by atoms with Gasteiger partial charge >= 0.3 is 11.9 Å². The number of aldehydes is 1. The molecule has 490 valence electrons. The molecule has 1 aliphatic carbocycles. The van der Waals surface area contributed by atoms with Gasteiger partial charge in [-0.3, -0.25) is 57.7 Å². The Morgan fingerprint density at radius 2 is 1.55 bits per heavy atom. The fraction of sp³-hybridized carbons (Fsp3) is 0.639. The number of anilines is 1. The van der Waals surface area contributed by atoms with Crippen molar-refractivity contribution in [2.75, 3.05) is 67.2 Å². The molecule has 6 N–H and O–H groups in total. The van der Waals surface area contributed by atoms with E-state index in [-0.39, 0.29) is 58.6 Å². The van der Waals surface area contributed by atoms with Crippen LogP contribution in [0, 0.1) is 37.5 Å². The normalized spacial score (nSPS) is 22.5. The molecule has 28 nitrogen and oxygen atoms in total. The molecule has 4 heterocycles. The van der Waals surface area contributed by atoms with Crippen molar-refractivity contribution in [1.82, 2.24) is 56.0 Å². The third-order valence-electron chi connectivity index (χ3n) is 16.4. The zero-order valence-electron chi connectivity index (χ0n) is 54.2. The van der Waals surface area contributed by atoms with Crippen molar-refractivity contribution in [2.45, 2.75) is 170 Å². The van der Waals surface area contributed by atoms with Gasteiger partial charge < -0.3 is 60.4 Å². The molecule has 10 unspecified atom stereocenters. The van der Waals surface area contributed by atoms with E-state index in [9.17, 15) is 43.2 Å². The van der Waals surface area contributed by atoms with Gasteiger partial charge in [0.25, 0.3) is 11.8 Å². The zero-order valence-corrected chi connectivity index (χ0v) is 54.2. The largest absolute Gasteiger partial charge is 0.459 e. The van der Waals surface area contributed by atoms with Crippen molar-refractivity contribution >= 4 is 76.4 Å². The Bertz CT molecular complexity index is 3180. The van der Waals surface area contributed by atoms with Crippen molar-refractivity contribution in [3.8, 4) is 11.5 Å². The Hall–Kier alpha value is -7.66. The van der Waals surface area contributed by atoms with Gasteiger partial charge in [-0.15, -0.1) is 0 Å². The molecule has 5 aliphatic rings. The van der Waals surface area contributed by atoms with Gasteiger partial charge in [-0.05, 0) is 90.9 Å². The maximum absolute atomic E-state index is 15.2. The number of nitrogens with zero attached hydrogens (tertiary/aromatic N) is 7. The summed E-state index contributed by atoms with van der Waals surface area (Å²) in [5, 5.41) is 13.9. The molecule has 0 bridgehead atoms. The second-order valence-corrected chi connectivity index (χ2v) is 25.0. The summed E-state index contributed by atoms with van der Waals surface area (Å²) in [5.74, 6) is -8.77. The molecule has 1 aromatic rings. The van der Waals surface area contributed by atoms with Gasteiger partial charge in [0.15, 0.2) is 23.8 Å². The number of rotatable bonds is 19. The van der Waals surface area contributed by atoms with E-state index < -0.39 is 143 Å². The SMILES string of the molecule is Cc1c2oc3c(C)ccc(C(=O)NC4C(=O)NC(C(C)C)ON5CCCC5C(=O)N(C)CC(=O)N(C)C(C(C)C)C(=O)OC4C)c3nc-2c(C(=O)NC(C(=O)NC(ON2CCCC2C(=O)N(C)CC=O)C(C)C)C(C)OC(=O)C(C(C)C)N(C)C)c(N)c1=O. The van der Waals surface area contributed by atoms with Gasteiger partial charge in [0.1, 0.15) is 66.0 Å². The van der Waals surface area contributed by atoms with Crippen molar-refractivity contribution in [2.24, 2.45) is 23.7 Å². The molecule has 1 aromatic carbocycles. The van der Waals surface area contributed by atoms with Crippen LogP contribution in [0.15, 0.2) is 21.3 Å². The van der Waals surface area contributed by atoms with Crippen molar-refractivity contribution in [3.05, 3.63) is 44.6 Å². The van der Waals surface area contributed by atoms with Crippen LogP contribution in [0.1, 0.15) is 127 Å². The van der Waals surface area contributed by atoms with E-state index in [1.54, 1.807) is 81.3 Å². The number of aromatic nitrogens is 1. The first-order chi connectivity index (χ1) is 41.7. The number of nitrogen functional groups attached to an aromatic ring is 1. The van der Waals surface area contributed by atoms with Gasteiger partial charge in [-0.1, -0.05) is 61.5 Å². The van der Waals surface area contributed by atoms with Crippen molar-refractivity contribution in [1.29, 1.82) is 0 Å². The lowest BCUT2D eigenvalue weighted by molar-refractivity contribution is -0.227. The van der Waals surface area contributed by atoms with E-state index in [4.69, 9.17) is 34.3 Å². The van der Waals surface area contributed by atoms with Gasteiger partial charge in [-0.25, -0.2) is 9.78 Å². The molecule has 0 aromatic heterocycles. The van der Waals surface area contributed by atoms with Gasteiger partial charge in [0.05, 0.1) is 29.9 Å². The minimum absolute atomic E-state index is 0.0257. The molecular weight excluding hydrogens is 1160 g/mol. The van der Waals surface area contributed by atoms with Crippen LogP contribution in [-0.2, 0) is 57.5 Å². The molecule has 7 amide bonds. The number of carbonyl (C=O) groups is 10. The van der Waals surface area contributed by atoms with Gasteiger partial charge in [0, 0.05) is 51.6 Å². The summed E-state index contributed by atoms with van der Waals surface area (Å²) in [6.45, 7) is 20.0. The van der Waals surface area contributed by atoms with Gasteiger partial charge in [0.2, 0.25) is 35.0 Å². The number of carbonyl (C=O) groups excluding carboxylic acids is 10. The summed E-state index contributed by atoms with van der Waals surface area (Å²) in [7, 11) is 7.75. The average Bonchev–Trinajstić information content (AvgIpc) is 1.82. The fourth-order valence-electron chi connectivity index (χ4n) is 11.3. The first-order valence-electron chi connectivity index (χ1n) is 30.2. The summed E-state index contributed by atoms with van der Waals surface area (Å²) in [6.07, 6.45) is -2.57. The zero-order chi connectivity index (χ0) is 66.4. The van der Waals surface area contributed by atoms with Crippen LogP contribution in [0.25, 0.3) is 22.6 Å². The third-order valence-corrected chi connectivity index (χ3v) is 16.4. The monoisotopic (exact) mass is 1250 g/mol. The standard InChI is InChI=1S/C61H90N12O16/c1-29(2)47(68(13)14)60(83)85-36(12)44(55(80)67-57(32(7)8)88-72-24-18-20-38(72)58(81)69(15)26-27-74)65-53(78)41-42(62)49(76)34(10)51-46(41)63-45-37(23-22-33(9)50(45)87-51)52(77)64-43-35(11)86-61(84)48(30(3)4)71(17)40(75)28-70(16)59(82)39-21-19-25-73(39)89-56(31(5)6)66-54(43)79/h22-23,27,29-32,35-36,38-39,43-44,47-48,56-57H,18-21,24-26,28,62H2,1-17H3,(H,64,77)(H,65,78)(H,66,79)(H,67,80). The van der Waals surface area contributed by atoms with Crippen LogP contribution in [0.4, 0.5) is 5.69 Å². The highest BCUT2D eigenvalue weighted by Crippen LogP contribution is 2.35. The molecule has 0 saturated carbocycles. The molecule has 0 radical (unpaired) electrons. The highest BCUT2D eigenvalue weighted by atomic mass is 16.7. The number of benzene rings is 2. The number of hydrogen-bond donors (Lipinski definition) is 5. The smallest absolute Gasteiger partial charge is 0.329 e. The molecule has 10 atom stereocenters. The van der Waals surface area contributed by atoms with E-state index in [0.717, 1.165) is 0 Å². The number of nitrogens with one attached hydrogen (secondary N) is 4. The Morgan fingerprint density at radius 1 is 0.888 bits per heavy atom. The van der Waals surface area contributed by atoms with Crippen LogP contribution < -0.4 is 32.4 Å². The summed E-state index contributed by atoms with van der Waals surface area (Å²) in [6, 6.07) is -4.11. The highest BCUT2D eigenvalue weighted by molar-refractivity contribution is 6.10. The first-order valence-corrected chi connectivity index (χ1v) is 30.2. The van der Waals surface area contributed by atoms with E-state index >= 15 is 9.59 Å². The number of nitrogens with two attached hydrogens (primary N) is 1. The predicted molar refractivity (Wildman–Crippen MR) is 325 cm³/mol. The second kappa shape index (κ2) is 29.8. The Morgan fingerprint density at radius 3 is 2.16 bits per heavy atom. The van der Waals surface area contributed by atoms with Crippen LogP contribution in [0.2, 0.25) is 0 Å². The molecule has 3 fully saturated rings. The number of esters is 2. The molecule has 3 saturated heterocycles. The van der Waals surface area contributed by atoms with E-state index in [0.29, 0.717) is 50.6 Å². The van der Waals surface area contributed by atoms with E-state index in [1.807, 2.05) is 0 Å². The summed E-state index contributed by atoms with van der Waals surface area (Å²) in [4.78, 5) is 177. The van der Waals surface area contributed by atoms with Crippen LogP contribution >= 0.6 is 0 Å². The lowest BCUT2D eigenvalue weighted by atomic mass is 9.98. The van der Waals surface area contributed by atoms with Crippen LogP contribution in [0.3, 0.4) is 0 Å². The number of amides is 7. The van der Waals surface area contributed by atoms with Crippen LogP contribution in [-0.4, -0.2) is 217 Å². The number of aryl methyl sites for hydroxylation is 1.